The van der Waals surface area contributed by atoms with Gasteiger partial charge in [0.1, 0.15) is 5.78 Å². The molecule has 1 aliphatic heterocycles. The van der Waals surface area contributed by atoms with Gasteiger partial charge in [-0.15, -0.1) is 0 Å². The van der Waals surface area contributed by atoms with Crippen LogP contribution < -0.4 is 0 Å². The van der Waals surface area contributed by atoms with Crippen molar-refractivity contribution >= 4 is 15.8 Å². The molecule has 0 saturated carbocycles. The molecule has 4 nitrogen and oxygen atoms in total. The molecule has 1 aliphatic rings. The molecule has 0 bridgehead atoms. The molecule has 0 radical (unpaired) electrons. The number of rotatable bonds is 6. The van der Waals surface area contributed by atoms with Gasteiger partial charge in [-0.05, 0) is 55.4 Å². The summed E-state index contributed by atoms with van der Waals surface area (Å²) >= 11 is 0. The number of ketones is 1. The molecule has 0 atom stereocenters. The Morgan fingerprint density at radius 1 is 1.03 bits per heavy atom. The second-order valence-electron chi connectivity index (χ2n) is 8.49. The van der Waals surface area contributed by atoms with Crippen molar-refractivity contribution in [1.29, 1.82) is 0 Å². The maximum atomic E-state index is 13.0. The van der Waals surface area contributed by atoms with E-state index in [1.807, 2.05) is 38.1 Å². The van der Waals surface area contributed by atoms with Crippen LogP contribution in [0.15, 0.2) is 47.4 Å². The van der Waals surface area contributed by atoms with Crippen molar-refractivity contribution in [3.63, 3.8) is 0 Å². The van der Waals surface area contributed by atoms with E-state index < -0.39 is 10.0 Å². The zero-order chi connectivity index (χ0) is 21.2. The van der Waals surface area contributed by atoms with E-state index in [2.05, 4.69) is 26.0 Å². The van der Waals surface area contributed by atoms with Gasteiger partial charge in [-0.2, -0.15) is 4.31 Å². The van der Waals surface area contributed by atoms with Gasteiger partial charge in [0, 0.05) is 25.4 Å². The number of piperidine rings is 1. The number of carbonyl (C=O) groups excluding carboxylic acids is 1. The van der Waals surface area contributed by atoms with Crippen LogP contribution in [0.2, 0.25) is 0 Å². The van der Waals surface area contributed by atoms with Crippen LogP contribution in [-0.4, -0.2) is 31.6 Å². The van der Waals surface area contributed by atoms with Crippen LogP contribution in [0.25, 0.3) is 0 Å². The fourth-order valence-electron chi connectivity index (χ4n) is 4.01. The minimum atomic E-state index is -3.51. The average molecular weight is 414 g/mol. The predicted molar refractivity (Wildman–Crippen MR) is 117 cm³/mol. The molecular formula is C24H31NO3S. The lowest BCUT2D eigenvalue weighted by Gasteiger charge is -2.31. The number of Topliss-reactive ketones (excluding diaryl/α,β-unsaturated/α-hetero) is 1. The Hall–Kier alpha value is -1.98. The standard InChI is InChI=1S/C24H31NO3S/c1-17(2)21-8-6-20(7-9-21)16-23(26)22-11-13-25(14-12-22)29(27,28)24-10-5-18(3)15-19(24)4/h5-10,15,17,22H,11-14,16H2,1-4H3. The van der Waals surface area contributed by atoms with Crippen molar-refractivity contribution in [3.8, 4) is 0 Å². The van der Waals surface area contributed by atoms with Gasteiger partial charge < -0.3 is 0 Å². The van der Waals surface area contributed by atoms with Gasteiger partial charge in [-0.3, -0.25) is 4.79 Å². The Kier molecular flexibility index (Phi) is 6.59. The first-order valence-electron chi connectivity index (χ1n) is 10.4. The Bertz CT molecular complexity index is 970. The lowest BCUT2D eigenvalue weighted by molar-refractivity contribution is -0.123. The molecule has 0 aliphatic carbocycles. The zero-order valence-corrected chi connectivity index (χ0v) is 18.6. The number of aryl methyl sites for hydroxylation is 2. The number of hydrogen-bond donors (Lipinski definition) is 0. The minimum Gasteiger partial charge on any atom is -0.299 e. The van der Waals surface area contributed by atoms with Crippen molar-refractivity contribution in [3.05, 3.63) is 64.7 Å². The van der Waals surface area contributed by atoms with Gasteiger partial charge in [0.05, 0.1) is 4.90 Å². The summed E-state index contributed by atoms with van der Waals surface area (Å²) in [5, 5.41) is 0. The molecule has 0 aromatic heterocycles. The fourth-order valence-corrected chi connectivity index (χ4v) is 5.69. The van der Waals surface area contributed by atoms with E-state index in [9.17, 15) is 13.2 Å². The van der Waals surface area contributed by atoms with Crippen molar-refractivity contribution < 1.29 is 13.2 Å². The van der Waals surface area contributed by atoms with Crippen LogP contribution in [0.3, 0.4) is 0 Å². The molecule has 5 heteroatoms. The van der Waals surface area contributed by atoms with Gasteiger partial charge in [-0.25, -0.2) is 8.42 Å². The first-order chi connectivity index (χ1) is 13.7. The molecule has 1 saturated heterocycles. The maximum absolute atomic E-state index is 13.0. The van der Waals surface area contributed by atoms with Gasteiger partial charge in [0.15, 0.2) is 0 Å². The zero-order valence-electron chi connectivity index (χ0n) is 17.8. The number of benzene rings is 2. The molecule has 0 amide bonds. The van der Waals surface area contributed by atoms with Crippen molar-refractivity contribution in [1.82, 2.24) is 4.31 Å². The Balaban J connectivity index is 1.61. The maximum Gasteiger partial charge on any atom is 0.243 e. The molecular weight excluding hydrogens is 382 g/mol. The highest BCUT2D eigenvalue weighted by Crippen LogP contribution is 2.27. The van der Waals surface area contributed by atoms with Crippen LogP contribution in [0.4, 0.5) is 0 Å². The Labute approximate surface area is 175 Å². The fraction of sp³-hybridized carbons (Fsp3) is 0.458. The summed E-state index contributed by atoms with van der Waals surface area (Å²) < 4.78 is 27.6. The molecule has 0 unspecified atom stereocenters. The van der Waals surface area contributed by atoms with E-state index in [1.165, 1.54) is 9.87 Å². The predicted octanol–water partition coefficient (Wildman–Crippen LogP) is 4.64. The molecule has 0 N–H and O–H groups in total. The summed E-state index contributed by atoms with van der Waals surface area (Å²) in [6.07, 6.45) is 1.60. The monoisotopic (exact) mass is 413 g/mol. The van der Waals surface area contributed by atoms with Crippen LogP contribution in [0.5, 0.6) is 0 Å². The highest BCUT2D eigenvalue weighted by molar-refractivity contribution is 7.89. The highest BCUT2D eigenvalue weighted by atomic mass is 32.2. The van der Waals surface area contributed by atoms with E-state index in [4.69, 9.17) is 0 Å². The molecule has 156 valence electrons. The van der Waals surface area contributed by atoms with Crippen LogP contribution in [-0.2, 0) is 21.2 Å². The molecule has 2 aromatic carbocycles. The Morgan fingerprint density at radius 2 is 1.66 bits per heavy atom. The van der Waals surface area contributed by atoms with Gasteiger partial charge in [0.2, 0.25) is 10.0 Å². The van der Waals surface area contributed by atoms with Crippen molar-refractivity contribution in [2.45, 2.75) is 57.8 Å². The van der Waals surface area contributed by atoms with Gasteiger partial charge in [-0.1, -0.05) is 55.8 Å². The summed E-state index contributed by atoms with van der Waals surface area (Å²) in [6.45, 7) is 8.90. The lowest BCUT2D eigenvalue weighted by atomic mass is 9.89. The van der Waals surface area contributed by atoms with E-state index in [1.54, 1.807) is 6.07 Å². The summed E-state index contributed by atoms with van der Waals surface area (Å²) in [5.74, 6) is 0.624. The third-order valence-electron chi connectivity index (χ3n) is 5.88. The van der Waals surface area contributed by atoms with Crippen LogP contribution in [0, 0.1) is 19.8 Å². The van der Waals surface area contributed by atoms with Crippen molar-refractivity contribution in [2.75, 3.05) is 13.1 Å². The third-order valence-corrected chi connectivity index (χ3v) is 7.94. The topological polar surface area (TPSA) is 54.5 Å². The van der Waals surface area contributed by atoms with Gasteiger partial charge >= 0.3 is 0 Å². The van der Waals surface area contributed by atoms with E-state index in [0.717, 1.165) is 16.7 Å². The summed E-state index contributed by atoms with van der Waals surface area (Å²) in [4.78, 5) is 13.1. The third kappa shape index (κ3) is 4.96. The first kappa shape index (κ1) is 21.7. The SMILES string of the molecule is Cc1ccc(S(=O)(=O)N2CCC(C(=O)Cc3ccc(C(C)C)cc3)CC2)c(C)c1. The lowest BCUT2D eigenvalue weighted by Crippen LogP contribution is -2.40. The number of sulfonamides is 1. The minimum absolute atomic E-state index is 0.0645. The summed E-state index contributed by atoms with van der Waals surface area (Å²) in [5.41, 5.74) is 4.12. The van der Waals surface area contributed by atoms with Crippen LogP contribution >= 0.6 is 0 Å². The number of hydrogen-bond acceptors (Lipinski definition) is 3. The van der Waals surface area contributed by atoms with E-state index in [0.29, 0.717) is 43.2 Å². The second kappa shape index (κ2) is 8.80. The quantitative estimate of drug-likeness (QED) is 0.693. The van der Waals surface area contributed by atoms with Gasteiger partial charge in [0.25, 0.3) is 0 Å². The van der Waals surface area contributed by atoms with E-state index in [-0.39, 0.29) is 11.7 Å². The largest absolute Gasteiger partial charge is 0.299 e. The summed E-state index contributed by atoms with van der Waals surface area (Å²) in [7, 11) is -3.51. The second-order valence-corrected chi connectivity index (χ2v) is 10.4. The molecule has 1 fully saturated rings. The van der Waals surface area contributed by atoms with Crippen LogP contribution in [0.1, 0.15) is 54.9 Å². The van der Waals surface area contributed by atoms with E-state index >= 15 is 0 Å². The molecule has 1 heterocycles. The summed E-state index contributed by atoms with van der Waals surface area (Å²) in [6, 6.07) is 13.7. The van der Waals surface area contributed by atoms with Crippen molar-refractivity contribution in [2.24, 2.45) is 5.92 Å². The molecule has 29 heavy (non-hydrogen) atoms. The average Bonchev–Trinajstić information content (AvgIpc) is 2.68. The molecule has 2 aromatic rings. The normalized spacial score (nSPS) is 16.3. The molecule has 0 spiro atoms. The number of nitrogens with zero attached hydrogens (tertiary/aromatic N) is 1. The smallest absolute Gasteiger partial charge is 0.243 e. The number of carbonyl (C=O) groups is 1. The highest BCUT2D eigenvalue weighted by Gasteiger charge is 2.32. The Morgan fingerprint density at radius 3 is 2.21 bits per heavy atom. The first-order valence-corrected chi connectivity index (χ1v) is 11.8. The molecule has 3 rings (SSSR count).